The van der Waals surface area contributed by atoms with E-state index in [4.69, 9.17) is 0 Å². The first-order valence-corrected chi connectivity index (χ1v) is 6.23. The van der Waals surface area contributed by atoms with Crippen LogP contribution < -0.4 is 5.32 Å². The minimum Gasteiger partial charge on any atom is -0.380 e. The van der Waals surface area contributed by atoms with Gasteiger partial charge in [-0.15, -0.1) is 11.3 Å². The summed E-state index contributed by atoms with van der Waals surface area (Å²) >= 11 is 1.36. The molecule has 0 bridgehead atoms. The van der Waals surface area contributed by atoms with E-state index in [1.807, 2.05) is 0 Å². The Morgan fingerprint density at radius 3 is 2.70 bits per heavy atom. The van der Waals surface area contributed by atoms with E-state index in [-0.39, 0.29) is 5.69 Å². The van der Waals surface area contributed by atoms with Crippen molar-refractivity contribution in [2.24, 2.45) is 0 Å². The van der Waals surface area contributed by atoms with Gasteiger partial charge in [0, 0.05) is 22.8 Å². The van der Waals surface area contributed by atoms with Gasteiger partial charge >= 0.3 is 6.18 Å². The molecule has 0 saturated heterocycles. The topological polar surface area (TPSA) is 68.1 Å². The molecule has 0 unspecified atom stereocenters. The van der Waals surface area contributed by atoms with Crippen molar-refractivity contribution >= 4 is 22.7 Å². The lowest BCUT2D eigenvalue weighted by Crippen LogP contribution is -2.10. The van der Waals surface area contributed by atoms with E-state index in [9.17, 15) is 23.3 Å². The van der Waals surface area contributed by atoms with Gasteiger partial charge in [0.2, 0.25) is 0 Å². The Morgan fingerprint density at radius 1 is 1.40 bits per heavy atom. The average molecular weight is 303 g/mol. The maximum absolute atomic E-state index is 12.8. The molecule has 0 aliphatic heterocycles. The van der Waals surface area contributed by atoms with Crippen molar-refractivity contribution in [3.63, 3.8) is 0 Å². The third-order valence-corrected chi connectivity index (χ3v) is 3.23. The minimum atomic E-state index is -4.77. The summed E-state index contributed by atoms with van der Waals surface area (Å²) in [6.07, 6.45) is -3.18. The van der Waals surface area contributed by atoms with Crippen molar-refractivity contribution in [3.05, 3.63) is 50.5 Å². The van der Waals surface area contributed by atoms with Gasteiger partial charge in [-0.1, -0.05) is 0 Å². The summed E-state index contributed by atoms with van der Waals surface area (Å²) in [6.45, 7) is 0.305. The summed E-state index contributed by atoms with van der Waals surface area (Å²) in [5.41, 5.74) is -0.456. The van der Waals surface area contributed by atoms with E-state index >= 15 is 0 Å². The number of thiazole rings is 1. The van der Waals surface area contributed by atoms with E-state index in [0.29, 0.717) is 6.54 Å². The number of alkyl halides is 3. The van der Waals surface area contributed by atoms with Gasteiger partial charge in [-0.25, -0.2) is 0 Å². The number of nitrogens with zero attached hydrogens (tertiary/aromatic N) is 2. The third kappa shape index (κ3) is 3.23. The molecule has 1 heterocycles. The van der Waals surface area contributed by atoms with E-state index in [2.05, 4.69) is 10.3 Å². The summed E-state index contributed by atoms with van der Waals surface area (Å²) in [5, 5.41) is 13.4. The van der Waals surface area contributed by atoms with Crippen LogP contribution in [0.2, 0.25) is 0 Å². The fourth-order valence-corrected chi connectivity index (χ4v) is 2.09. The number of nitro groups is 1. The number of aromatic nitrogens is 1. The molecular weight excluding hydrogens is 295 g/mol. The van der Waals surface area contributed by atoms with Crippen LogP contribution in [0.3, 0.4) is 0 Å². The number of benzene rings is 1. The average Bonchev–Trinajstić information content (AvgIpc) is 2.88. The largest absolute Gasteiger partial charge is 0.423 e. The Balaban J connectivity index is 2.25. The second kappa shape index (κ2) is 5.45. The first kappa shape index (κ1) is 14.3. The van der Waals surface area contributed by atoms with Gasteiger partial charge in [0.15, 0.2) is 0 Å². The molecule has 106 valence electrons. The van der Waals surface area contributed by atoms with E-state index in [1.165, 1.54) is 17.4 Å². The lowest BCUT2D eigenvalue weighted by molar-refractivity contribution is -0.388. The predicted octanol–water partition coefficient (Wildman–Crippen LogP) is 3.68. The molecule has 0 aliphatic carbocycles. The maximum atomic E-state index is 12.8. The fourth-order valence-electron chi connectivity index (χ4n) is 1.55. The minimum absolute atomic E-state index is 0.163. The molecule has 0 atom stereocenters. The maximum Gasteiger partial charge on any atom is 0.423 e. The number of halogens is 3. The summed E-state index contributed by atoms with van der Waals surface area (Å²) in [6, 6.07) is 2.82. The van der Waals surface area contributed by atoms with Crippen LogP contribution in [0.5, 0.6) is 0 Å². The molecule has 9 heteroatoms. The molecule has 1 aromatic heterocycles. The standard InChI is InChI=1S/C11H8F3N3O2S/c12-11(13,14)9-3-7(1-2-10(9)17(18)19)16-5-8-4-15-6-20-8/h1-4,6,16H,5H2. The molecule has 0 fully saturated rings. The number of hydrogen-bond donors (Lipinski definition) is 1. The van der Waals surface area contributed by atoms with Crippen LogP contribution in [0.15, 0.2) is 29.9 Å². The Hall–Kier alpha value is -2.16. The van der Waals surface area contributed by atoms with Crippen molar-refractivity contribution in [3.8, 4) is 0 Å². The van der Waals surface area contributed by atoms with Gasteiger partial charge in [0.05, 0.1) is 17.0 Å². The highest BCUT2D eigenvalue weighted by molar-refractivity contribution is 7.09. The van der Waals surface area contributed by atoms with Crippen molar-refractivity contribution in [1.82, 2.24) is 4.98 Å². The first-order chi connectivity index (χ1) is 9.38. The lowest BCUT2D eigenvalue weighted by atomic mass is 10.1. The van der Waals surface area contributed by atoms with Gasteiger partial charge in [0.1, 0.15) is 5.56 Å². The predicted molar refractivity (Wildman–Crippen MR) is 67.5 cm³/mol. The molecule has 1 aromatic carbocycles. The van der Waals surface area contributed by atoms with Crippen LogP contribution >= 0.6 is 11.3 Å². The highest BCUT2D eigenvalue weighted by atomic mass is 32.1. The smallest absolute Gasteiger partial charge is 0.380 e. The quantitative estimate of drug-likeness (QED) is 0.691. The number of nitro benzene ring substituents is 1. The van der Waals surface area contributed by atoms with E-state index in [0.717, 1.165) is 17.0 Å². The number of nitrogens with one attached hydrogen (secondary N) is 1. The molecule has 2 aromatic rings. The zero-order chi connectivity index (χ0) is 14.8. The number of hydrogen-bond acceptors (Lipinski definition) is 5. The fraction of sp³-hybridized carbons (Fsp3) is 0.182. The monoisotopic (exact) mass is 303 g/mol. The summed E-state index contributed by atoms with van der Waals surface area (Å²) in [7, 11) is 0. The third-order valence-electron chi connectivity index (χ3n) is 2.45. The lowest BCUT2D eigenvalue weighted by Gasteiger charge is -2.10. The second-order valence-electron chi connectivity index (χ2n) is 3.81. The van der Waals surface area contributed by atoms with Crippen LogP contribution in [-0.4, -0.2) is 9.91 Å². The highest BCUT2D eigenvalue weighted by Gasteiger charge is 2.38. The van der Waals surface area contributed by atoms with Gasteiger partial charge in [-0.2, -0.15) is 13.2 Å². The van der Waals surface area contributed by atoms with Crippen LogP contribution in [-0.2, 0) is 12.7 Å². The summed E-state index contributed by atoms with van der Waals surface area (Å²) < 4.78 is 38.3. The van der Waals surface area contributed by atoms with Gasteiger partial charge in [-0.3, -0.25) is 15.1 Å². The zero-order valence-corrected chi connectivity index (χ0v) is 10.7. The summed E-state index contributed by atoms with van der Waals surface area (Å²) in [5.74, 6) is 0. The molecule has 5 nitrogen and oxygen atoms in total. The highest BCUT2D eigenvalue weighted by Crippen LogP contribution is 2.37. The molecule has 0 amide bonds. The zero-order valence-electron chi connectivity index (χ0n) is 9.85. The van der Waals surface area contributed by atoms with Gasteiger partial charge in [-0.05, 0) is 12.1 Å². The van der Waals surface area contributed by atoms with Gasteiger partial charge in [0.25, 0.3) is 5.69 Å². The molecule has 0 aliphatic rings. The van der Waals surface area contributed by atoms with Crippen LogP contribution in [0.1, 0.15) is 10.4 Å². The molecule has 0 radical (unpaired) electrons. The summed E-state index contributed by atoms with van der Waals surface area (Å²) in [4.78, 5) is 14.2. The Kier molecular flexibility index (Phi) is 3.89. The molecule has 2 rings (SSSR count). The van der Waals surface area contributed by atoms with Crippen LogP contribution in [0.4, 0.5) is 24.5 Å². The Labute approximate surface area is 115 Å². The van der Waals surface area contributed by atoms with Crippen LogP contribution in [0, 0.1) is 10.1 Å². The van der Waals surface area contributed by atoms with Crippen molar-refractivity contribution in [1.29, 1.82) is 0 Å². The first-order valence-electron chi connectivity index (χ1n) is 5.35. The second-order valence-corrected chi connectivity index (χ2v) is 4.78. The molecule has 0 spiro atoms. The Bertz CT molecular complexity index is 614. The molecular formula is C11H8F3N3O2S. The number of rotatable bonds is 4. The van der Waals surface area contributed by atoms with Crippen molar-refractivity contribution < 1.29 is 18.1 Å². The van der Waals surface area contributed by atoms with Crippen molar-refractivity contribution in [2.75, 3.05) is 5.32 Å². The van der Waals surface area contributed by atoms with E-state index in [1.54, 1.807) is 11.7 Å². The van der Waals surface area contributed by atoms with Gasteiger partial charge < -0.3 is 5.32 Å². The molecule has 0 saturated carbocycles. The van der Waals surface area contributed by atoms with E-state index < -0.39 is 22.4 Å². The molecule has 20 heavy (non-hydrogen) atoms. The molecule has 1 N–H and O–H groups in total. The SMILES string of the molecule is O=[N+]([O-])c1ccc(NCc2cncs2)cc1C(F)(F)F. The Morgan fingerprint density at radius 2 is 2.15 bits per heavy atom. The van der Waals surface area contributed by atoms with Crippen LogP contribution in [0.25, 0.3) is 0 Å². The van der Waals surface area contributed by atoms with Crippen molar-refractivity contribution in [2.45, 2.75) is 12.7 Å². The number of anilines is 1. The normalized spacial score (nSPS) is 11.3.